The molecule has 2 aromatic heterocycles. The summed E-state index contributed by atoms with van der Waals surface area (Å²) < 4.78 is 0. The van der Waals surface area contributed by atoms with Crippen LogP contribution in [0.25, 0.3) is 6.08 Å². The molecule has 5 nitrogen and oxygen atoms in total. The number of rotatable bonds is 4. The number of nitrogens with zero attached hydrogens (tertiary/aromatic N) is 2. The molecule has 0 aliphatic carbocycles. The van der Waals surface area contributed by atoms with Crippen molar-refractivity contribution >= 4 is 29.3 Å². The summed E-state index contributed by atoms with van der Waals surface area (Å²) in [5.41, 5.74) is 6.90. The van der Waals surface area contributed by atoms with E-state index < -0.39 is 0 Å². The van der Waals surface area contributed by atoms with E-state index >= 15 is 0 Å². The molecule has 2 aromatic rings. The van der Waals surface area contributed by atoms with Crippen LogP contribution in [-0.2, 0) is 4.79 Å². The van der Waals surface area contributed by atoms with Crippen molar-refractivity contribution in [2.24, 2.45) is 0 Å². The van der Waals surface area contributed by atoms with Crippen LogP contribution in [0.3, 0.4) is 0 Å². The lowest BCUT2D eigenvalue weighted by Gasteiger charge is -2.06. The van der Waals surface area contributed by atoms with E-state index in [1.54, 1.807) is 17.4 Å². The van der Waals surface area contributed by atoms with Gasteiger partial charge >= 0.3 is 0 Å². The van der Waals surface area contributed by atoms with E-state index in [-0.39, 0.29) is 5.91 Å². The summed E-state index contributed by atoms with van der Waals surface area (Å²) in [6, 6.07) is 5.74. The van der Waals surface area contributed by atoms with E-state index in [1.165, 1.54) is 6.08 Å². The maximum Gasteiger partial charge on any atom is 0.262 e. The largest absolute Gasteiger partial charge is 0.268 e. The third-order valence-corrected chi connectivity index (χ3v) is 3.06. The minimum absolute atomic E-state index is 0.254. The van der Waals surface area contributed by atoms with E-state index in [0.717, 1.165) is 16.3 Å². The number of hydrogen-bond acceptors (Lipinski definition) is 5. The molecule has 0 radical (unpaired) electrons. The van der Waals surface area contributed by atoms with Gasteiger partial charge in [0, 0.05) is 22.3 Å². The van der Waals surface area contributed by atoms with Gasteiger partial charge in [0.1, 0.15) is 0 Å². The van der Waals surface area contributed by atoms with Crippen LogP contribution in [0.15, 0.2) is 29.7 Å². The van der Waals surface area contributed by atoms with E-state index in [9.17, 15) is 4.79 Å². The molecular formula is C13H14N4OS. The zero-order valence-electron chi connectivity index (χ0n) is 10.7. The quantitative estimate of drug-likeness (QED) is 0.663. The number of hydrogen-bond donors (Lipinski definition) is 2. The van der Waals surface area contributed by atoms with Gasteiger partial charge in [-0.25, -0.2) is 9.97 Å². The van der Waals surface area contributed by atoms with Gasteiger partial charge < -0.3 is 0 Å². The molecule has 0 aliphatic heterocycles. The maximum atomic E-state index is 11.6. The summed E-state index contributed by atoms with van der Waals surface area (Å²) in [6.45, 7) is 3.75. The van der Waals surface area contributed by atoms with Gasteiger partial charge in [0.2, 0.25) is 5.95 Å². The Hall–Kier alpha value is -2.21. The Kier molecular flexibility index (Phi) is 4.25. The molecule has 0 unspecified atom stereocenters. The number of hydrazine groups is 1. The van der Waals surface area contributed by atoms with Gasteiger partial charge in [-0.1, -0.05) is 6.07 Å². The third-order valence-electron chi connectivity index (χ3n) is 2.22. The molecule has 0 spiro atoms. The summed E-state index contributed by atoms with van der Waals surface area (Å²) in [5, 5.41) is 1.96. The smallest absolute Gasteiger partial charge is 0.262 e. The lowest BCUT2D eigenvalue weighted by atomic mass is 10.4. The Labute approximate surface area is 115 Å². The van der Waals surface area contributed by atoms with Crippen LogP contribution in [0.4, 0.5) is 5.95 Å². The van der Waals surface area contributed by atoms with Crippen LogP contribution in [0, 0.1) is 13.8 Å². The number of carbonyl (C=O) groups excluding carboxylic acids is 1. The predicted octanol–water partition coefficient (Wildman–Crippen LogP) is 2.31. The minimum atomic E-state index is -0.254. The van der Waals surface area contributed by atoms with E-state index in [0.29, 0.717) is 5.95 Å². The first kappa shape index (κ1) is 13.2. The highest BCUT2D eigenvalue weighted by atomic mass is 32.1. The number of anilines is 1. The van der Waals surface area contributed by atoms with Crippen molar-refractivity contribution in [1.82, 2.24) is 15.4 Å². The summed E-state index contributed by atoms with van der Waals surface area (Å²) >= 11 is 1.57. The molecule has 98 valence electrons. The minimum Gasteiger partial charge on any atom is -0.268 e. The highest BCUT2D eigenvalue weighted by Crippen LogP contribution is 2.09. The molecule has 2 heterocycles. The Bertz CT molecular complexity index is 572. The van der Waals surface area contributed by atoms with Gasteiger partial charge in [0.15, 0.2) is 0 Å². The first-order valence-corrected chi connectivity index (χ1v) is 6.61. The first-order valence-electron chi connectivity index (χ1n) is 5.73. The van der Waals surface area contributed by atoms with Gasteiger partial charge in [-0.15, -0.1) is 11.3 Å². The van der Waals surface area contributed by atoms with Crippen molar-refractivity contribution < 1.29 is 4.79 Å². The average molecular weight is 274 g/mol. The second kappa shape index (κ2) is 6.10. The Morgan fingerprint density at radius 2 is 2.05 bits per heavy atom. The molecule has 6 heteroatoms. The fourth-order valence-corrected chi connectivity index (χ4v) is 2.10. The zero-order chi connectivity index (χ0) is 13.7. The summed E-state index contributed by atoms with van der Waals surface area (Å²) in [4.78, 5) is 20.9. The number of aryl methyl sites for hydroxylation is 2. The number of thiophene rings is 1. The van der Waals surface area contributed by atoms with Crippen LogP contribution < -0.4 is 10.9 Å². The highest BCUT2D eigenvalue weighted by Gasteiger charge is 2.00. The van der Waals surface area contributed by atoms with Crippen molar-refractivity contribution in [3.63, 3.8) is 0 Å². The van der Waals surface area contributed by atoms with Crippen molar-refractivity contribution in [2.75, 3.05) is 5.43 Å². The molecule has 0 saturated carbocycles. The summed E-state index contributed by atoms with van der Waals surface area (Å²) in [5.74, 6) is 0.131. The first-order chi connectivity index (χ1) is 9.13. The maximum absolute atomic E-state index is 11.6. The van der Waals surface area contributed by atoms with Crippen LogP contribution in [-0.4, -0.2) is 15.9 Å². The molecule has 0 fully saturated rings. The van der Waals surface area contributed by atoms with Gasteiger partial charge in [-0.05, 0) is 37.4 Å². The molecule has 0 bridgehead atoms. The van der Waals surface area contributed by atoms with E-state index in [2.05, 4.69) is 20.8 Å². The Morgan fingerprint density at radius 3 is 2.68 bits per heavy atom. The van der Waals surface area contributed by atoms with Crippen LogP contribution >= 0.6 is 11.3 Å². The molecule has 0 aromatic carbocycles. The lowest BCUT2D eigenvalue weighted by molar-refractivity contribution is -0.116. The monoisotopic (exact) mass is 274 g/mol. The van der Waals surface area contributed by atoms with Gasteiger partial charge in [0.05, 0.1) is 0 Å². The Balaban J connectivity index is 1.89. The second-order valence-electron chi connectivity index (χ2n) is 3.94. The number of aromatic nitrogens is 2. The van der Waals surface area contributed by atoms with Crippen molar-refractivity contribution in [1.29, 1.82) is 0 Å². The third kappa shape index (κ3) is 4.18. The second-order valence-corrected chi connectivity index (χ2v) is 4.92. The van der Waals surface area contributed by atoms with Crippen LogP contribution in [0.2, 0.25) is 0 Å². The zero-order valence-corrected chi connectivity index (χ0v) is 11.5. The summed E-state index contributed by atoms with van der Waals surface area (Å²) in [6.07, 6.45) is 3.21. The standard InChI is InChI=1S/C13H14N4OS/c1-9-8-10(2)15-13(14-9)17-16-12(18)6-5-11-4-3-7-19-11/h3-8H,1-2H3,(H,16,18)(H,14,15,17). The molecule has 1 amide bonds. The lowest BCUT2D eigenvalue weighted by Crippen LogP contribution is -2.28. The molecule has 2 rings (SSSR count). The topological polar surface area (TPSA) is 66.9 Å². The van der Waals surface area contributed by atoms with Crippen molar-refractivity contribution in [2.45, 2.75) is 13.8 Å². The Morgan fingerprint density at radius 1 is 1.32 bits per heavy atom. The SMILES string of the molecule is Cc1cc(C)nc(NNC(=O)C=Cc2cccs2)n1. The van der Waals surface area contributed by atoms with Crippen LogP contribution in [0.5, 0.6) is 0 Å². The number of nitrogens with one attached hydrogen (secondary N) is 2. The normalized spacial score (nSPS) is 10.6. The highest BCUT2D eigenvalue weighted by molar-refractivity contribution is 7.10. The fourth-order valence-electron chi connectivity index (χ4n) is 1.48. The number of amides is 1. The molecule has 0 atom stereocenters. The molecule has 0 aliphatic rings. The van der Waals surface area contributed by atoms with E-state index in [4.69, 9.17) is 0 Å². The van der Waals surface area contributed by atoms with Crippen molar-refractivity contribution in [3.8, 4) is 0 Å². The summed E-state index contributed by atoms with van der Waals surface area (Å²) in [7, 11) is 0. The van der Waals surface area contributed by atoms with Gasteiger partial charge in [-0.2, -0.15) is 0 Å². The van der Waals surface area contributed by atoms with E-state index in [1.807, 2.05) is 37.4 Å². The average Bonchev–Trinajstić information content (AvgIpc) is 2.86. The van der Waals surface area contributed by atoms with Gasteiger partial charge in [-0.3, -0.25) is 15.6 Å². The predicted molar refractivity (Wildman–Crippen MR) is 76.6 cm³/mol. The molecular weight excluding hydrogens is 260 g/mol. The molecule has 19 heavy (non-hydrogen) atoms. The van der Waals surface area contributed by atoms with Crippen molar-refractivity contribution in [3.05, 3.63) is 45.9 Å². The molecule has 0 saturated heterocycles. The molecule has 2 N–H and O–H groups in total. The van der Waals surface area contributed by atoms with Crippen LogP contribution in [0.1, 0.15) is 16.3 Å². The number of carbonyl (C=O) groups is 1. The van der Waals surface area contributed by atoms with Gasteiger partial charge in [0.25, 0.3) is 5.91 Å². The fraction of sp³-hybridized carbons (Fsp3) is 0.154.